The van der Waals surface area contributed by atoms with Crippen molar-refractivity contribution in [2.45, 2.75) is 52.8 Å². The van der Waals surface area contributed by atoms with E-state index in [1.54, 1.807) is 0 Å². The SMILES string of the molecule is CCCNC(CC(F)(F)F)c1c(C)cc(C)cc1C. The molecule has 0 heterocycles. The summed E-state index contributed by atoms with van der Waals surface area (Å²) in [7, 11) is 0. The van der Waals surface area contributed by atoms with Gasteiger partial charge >= 0.3 is 6.18 Å². The van der Waals surface area contributed by atoms with E-state index in [0.29, 0.717) is 6.54 Å². The van der Waals surface area contributed by atoms with Crippen molar-refractivity contribution in [3.8, 4) is 0 Å². The monoisotopic (exact) mass is 273 g/mol. The largest absolute Gasteiger partial charge is 0.390 e. The molecule has 0 fully saturated rings. The molecule has 0 aliphatic rings. The van der Waals surface area contributed by atoms with E-state index in [2.05, 4.69) is 5.32 Å². The Kier molecular flexibility index (Phi) is 5.41. The molecule has 108 valence electrons. The van der Waals surface area contributed by atoms with Crippen molar-refractivity contribution in [1.29, 1.82) is 0 Å². The van der Waals surface area contributed by atoms with Crippen LogP contribution in [-0.2, 0) is 0 Å². The summed E-state index contributed by atoms with van der Waals surface area (Å²) >= 11 is 0. The van der Waals surface area contributed by atoms with Crippen LogP contribution in [0, 0.1) is 20.8 Å². The molecular weight excluding hydrogens is 251 g/mol. The smallest absolute Gasteiger partial charge is 0.310 e. The van der Waals surface area contributed by atoms with Crippen LogP contribution in [0.2, 0.25) is 0 Å². The van der Waals surface area contributed by atoms with E-state index in [-0.39, 0.29) is 0 Å². The summed E-state index contributed by atoms with van der Waals surface area (Å²) < 4.78 is 38.2. The maximum Gasteiger partial charge on any atom is 0.390 e. The summed E-state index contributed by atoms with van der Waals surface area (Å²) in [4.78, 5) is 0. The Balaban J connectivity index is 3.09. The standard InChI is InChI=1S/C15H22F3N/c1-5-6-19-13(9-15(16,17)18)14-11(3)7-10(2)8-12(14)4/h7-8,13,19H,5-6,9H2,1-4H3. The van der Waals surface area contributed by atoms with Gasteiger partial charge in [-0.2, -0.15) is 13.2 Å². The predicted octanol–water partition coefficient (Wildman–Crippen LogP) is 4.60. The lowest BCUT2D eigenvalue weighted by molar-refractivity contribution is -0.140. The van der Waals surface area contributed by atoms with Crippen molar-refractivity contribution in [1.82, 2.24) is 5.32 Å². The highest BCUT2D eigenvalue weighted by Gasteiger charge is 2.33. The fourth-order valence-corrected chi connectivity index (χ4v) is 2.57. The number of halogens is 3. The Bertz CT molecular complexity index is 401. The number of hydrogen-bond donors (Lipinski definition) is 1. The van der Waals surface area contributed by atoms with Gasteiger partial charge in [-0.3, -0.25) is 0 Å². The summed E-state index contributed by atoms with van der Waals surface area (Å²) in [6, 6.07) is 3.24. The van der Waals surface area contributed by atoms with E-state index in [0.717, 1.165) is 28.7 Å². The lowest BCUT2D eigenvalue weighted by Gasteiger charge is -2.24. The van der Waals surface area contributed by atoms with Crippen LogP contribution in [0.5, 0.6) is 0 Å². The highest BCUT2D eigenvalue weighted by Crippen LogP contribution is 2.33. The second-order valence-electron chi connectivity index (χ2n) is 5.14. The number of aryl methyl sites for hydroxylation is 3. The van der Waals surface area contributed by atoms with Crippen LogP contribution < -0.4 is 5.32 Å². The minimum Gasteiger partial charge on any atom is -0.310 e. The van der Waals surface area contributed by atoms with Gasteiger partial charge in [-0.25, -0.2) is 0 Å². The summed E-state index contributed by atoms with van der Waals surface area (Å²) in [5, 5.41) is 3.02. The second kappa shape index (κ2) is 6.42. The van der Waals surface area contributed by atoms with Gasteiger partial charge in [0, 0.05) is 6.04 Å². The van der Waals surface area contributed by atoms with Gasteiger partial charge in [0.25, 0.3) is 0 Å². The zero-order valence-corrected chi connectivity index (χ0v) is 12.0. The molecule has 0 bridgehead atoms. The molecule has 19 heavy (non-hydrogen) atoms. The quantitative estimate of drug-likeness (QED) is 0.826. The summed E-state index contributed by atoms with van der Waals surface area (Å²) in [5.41, 5.74) is 3.72. The van der Waals surface area contributed by atoms with Crippen LogP contribution in [-0.4, -0.2) is 12.7 Å². The van der Waals surface area contributed by atoms with E-state index in [1.807, 2.05) is 39.8 Å². The minimum atomic E-state index is -4.16. The third kappa shape index (κ3) is 4.86. The first-order chi connectivity index (χ1) is 8.74. The van der Waals surface area contributed by atoms with Gasteiger partial charge in [0.2, 0.25) is 0 Å². The Hall–Kier alpha value is -1.03. The molecule has 0 spiro atoms. The molecule has 0 aliphatic carbocycles. The molecule has 4 heteroatoms. The van der Waals surface area contributed by atoms with Crippen molar-refractivity contribution in [2.24, 2.45) is 0 Å². The third-order valence-corrected chi connectivity index (χ3v) is 3.16. The second-order valence-corrected chi connectivity index (χ2v) is 5.14. The first kappa shape index (κ1) is 16.0. The molecule has 1 aromatic rings. The molecule has 1 aromatic carbocycles. The van der Waals surface area contributed by atoms with Gasteiger partial charge in [0.05, 0.1) is 6.42 Å². The zero-order chi connectivity index (χ0) is 14.6. The Morgan fingerprint density at radius 2 is 1.63 bits per heavy atom. The minimum absolute atomic E-state index is 0.591. The van der Waals surface area contributed by atoms with Crippen LogP contribution in [0.15, 0.2) is 12.1 Å². The van der Waals surface area contributed by atoms with E-state index in [1.165, 1.54) is 0 Å². The van der Waals surface area contributed by atoms with Gasteiger partial charge in [0.1, 0.15) is 0 Å². The summed E-state index contributed by atoms with van der Waals surface area (Å²) in [6.07, 6.45) is -4.16. The summed E-state index contributed by atoms with van der Waals surface area (Å²) in [6.45, 7) is 8.26. The molecule has 0 aromatic heterocycles. The van der Waals surface area contributed by atoms with E-state index < -0.39 is 18.6 Å². The number of rotatable bonds is 5. The summed E-state index contributed by atoms with van der Waals surface area (Å²) in [5.74, 6) is 0. The van der Waals surface area contributed by atoms with E-state index >= 15 is 0 Å². The lowest BCUT2D eigenvalue weighted by atomic mass is 9.92. The van der Waals surface area contributed by atoms with Crippen LogP contribution >= 0.6 is 0 Å². The molecule has 0 aliphatic heterocycles. The van der Waals surface area contributed by atoms with Gasteiger partial charge in [-0.1, -0.05) is 24.6 Å². The Morgan fingerprint density at radius 3 is 2.05 bits per heavy atom. The van der Waals surface area contributed by atoms with Crippen LogP contribution in [0.3, 0.4) is 0 Å². The van der Waals surface area contributed by atoms with Crippen molar-refractivity contribution in [3.05, 3.63) is 34.4 Å². The Morgan fingerprint density at radius 1 is 1.11 bits per heavy atom. The van der Waals surface area contributed by atoms with Crippen molar-refractivity contribution >= 4 is 0 Å². The Labute approximate surface area is 113 Å². The van der Waals surface area contributed by atoms with Crippen molar-refractivity contribution < 1.29 is 13.2 Å². The molecule has 1 N–H and O–H groups in total. The average molecular weight is 273 g/mol. The molecule has 1 rings (SSSR count). The number of hydrogen-bond acceptors (Lipinski definition) is 1. The molecule has 0 amide bonds. The normalized spacial score (nSPS) is 13.6. The van der Waals surface area contributed by atoms with E-state index in [9.17, 15) is 13.2 Å². The third-order valence-electron chi connectivity index (χ3n) is 3.16. The maximum atomic E-state index is 12.7. The number of benzene rings is 1. The predicted molar refractivity (Wildman–Crippen MR) is 72.4 cm³/mol. The maximum absolute atomic E-state index is 12.7. The highest BCUT2D eigenvalue weighted by atomic mass is 19.4. The van der Waals surface area contributed by atoms with Crippen LogP contribution in [0.1, 0.15) is 48.1 Å². The van der Waals surface area contributed by atoms with Gasteiger partial charge in [-0.05, 0) is 50.4 Å². The number of nitrogens with one attached hydrogen (secondary N) is 1. The molecule has 0 saturated carbocycles. The highest BCUT2D eigenvalue weighted by molar-refractivity contribution is 5.39. The van der Waals surface area contributed by atoms with E-state index in [4.69, 9.17) is 0 Å². The van der Waals surface area contributed by atoms with Crippen molar-refractivity contribution in [2.75, 3.05) is 6.54 Å². The topological polar surface area (TPSA) is 12.0 Å². The average Bonchev–Trinajstić information content (AvgIpc) is 2.22. The molecule has 0 saturated heterocycles. The first-order valence-corrected chi connectivity index (χ1v) is 6.62. The molecular formula is C15H22F3N. The van der Waals surface area contributed by atoms with Crippen molar-refractivity contribution in [3.63, 3.8) is 0 Å². The van der Waals surface area contributed by atoms with Crippen LogP contribution in [0.25, 0.3) is 0 Å². The fourth-order valence-electron chi connectivity index (χ4n) is 2.57. The molecule has 1 unspecified atom stereocenters. The van der Waals surface area contributed by atoms with Gasteiger partial charge in [-0.15, -0.1) is 0 Å². The van der Waals surface area contributed by atoms with Gasteiger partial charge in [0.15, 0.2) is 0 Å². The first-order valence-electron chi connectivity index (χ1n) is 6.62. The van der Waals surface area contributed by atoms with Gasteiger partial charge < -0.3 is 5.32 Å². The fraction of sp³-hybridized carbons (Fsp3) is 0.600. The molecule has 1 nitrogen and oxygen atoms in total. The molecule has 1 atom stereocenters. The number of alkyl halides is 3. The van der Waals surface area contributed by atoms with Crippen LogP contribution in [0.4, 0.5) is 13.2 Å². The lowest BCUT2D eigenvalue weighted by Crippen LogP contribution is -2.28. The molecule has 0 radical (unpaired) electrons. The zero-order valence-electron chi connectivity index (χ0n) is 12.0.